The molecule has 2 aromatic carbocycles. The highest BCUT2D eigenvalue weighted by Gasteiger charge is 2.40. The summed E-state index contributed by atoms with van der Waals surface area (Å²) in [7, 11) is 0. The number of thioether (sulfide) groups is 1. The Morgan fingerprint density at radius 1 is 1.04 bits per heavy atom. The molecule has 0 aliphatic carbocycles. The number of H-pyrrole nitrogens is 2. The van der Waals surface area contributed by atoms with Gasteiger partial charge in [0.25, 0.3) is 0 Å². The van der Waals surface area contributed by atoms with Crippen LogP contribution in [0, 0.1) is 0 Å². The maximum absolute atomic E-state index is 13.4. The van der Waals surface area contributed by atoms with E-state index in [2.05, 4.69) is 65.0 Å². The molecule has 2 aliphatic heterocycles. The van der Waals surface area contributed by atoms with Gasteiger partial charge in [0, 0.05) is 71.8 Å². The number of aromatic amines is 2. The number of carbonyl (C=O) groups excluding carboxylic acids is 2. The minimum absolute atomic E-state index is 0.0394. The summed E-state index contributed by atoms with van der Waals surface area (Å²) >= 11 is 1.71. The molecule has 0 saturated carbocycles. The van der Waals surface area contributed by atoms with Crippen molar-refractivity contribution in [2.24, 2.45) is 0 Å². The van der Waals surface area contributed by atoms with E-state index in [0.717, 1.165) is 52.7 Å². The third kappa shape index (κ3) is 7.76. The van der Waals surface area contributed by atoms with Gasteiger partial charge in [0.15, 0.2) is 5.82 Å². The standard InChI is InChI=1S/C37H42N10O3S/c1-23(2)50-32-11-8-27(20-39-32)34-29-18-28(9-10-30(29)42-43-34)40-31(48)19-37(51-3)14-17-46(22-37)21-33(49)47-15-12-25(13-16-47)24-4-6-26(7-5-24)35-41-36(38)45-44-35/h4-12,18,20,23H,13-17,19,21-22H2,1-3H3,(H,40,48)(H,42,43)(H3,38,41,44,45)/t37-/m1/s1. The lowest BCUT2D eigenvalue weighted by molar-refractivity contribution is -0.131. The van der Waals surface area contributed by atoms with Gasteiger partial charge in [0.2, 0.25) is 23.6 Å². The van der Waals surface area contributed by atoms with Gasteiger partial charge in [-0.05, 0) is 68.3 Å². The quantitative estimate of drug-likeness (QED) is 0.143. The van der Waals surface area contributed by atoms with Gasteiger partial charge in [0.1, 0.15) is 5.69 Å². The Balaban J connectivity index is 0.924. The normalized spacial score (nSPS) is 18.0. The number of ether oxygens (including phenoxy) is 1. The largest absolute Gasteiger partial charge is 0.475 e. The summed E-state index contributed by atoms with van der Waals surface area (Å²) in [5.74, 6) is 1.48. The van der Waals surface area contributed by atoms with Gasteiger partial charge >= 0.3 is 0 Å². The van der Waals surface area contributed by atoms with Crippen LogP contribution in [0.5, 0.6) is 5.88 Å². The van der Waals surface area contributed by atoms with Crippen LogP contribution in [-0.4, -0.2) is 102 Å². The number of fused-ring (bicyclic) bond motifs is 1. The average molecular weight is 707 g/mol. The predicted octanol–water partition coefficient (Wildman–Crippen LogP) is 5.23. The molecule has 1 saturated heterocycles. The van der Waals surface area contributed by atoms with Crippen LogP contribution >= 0.6 is 11.8 Å². The first-order valence-corrected chi connectivity index (χ1v) is 18.3. The maximum Gasteiger partial charge on any atom is 0.239 e. The van der Waals surface area contributed by atoms with Crippen molar-refractivity contribution in [1.29, 1.82) is 0 Å². The van der Waals surface area contributed by atoms with Gasteiger partial charge in [-0.3, -0.25) is 24.7 Å². The summed E-state index contributed by atoms with van der Waals surface area (Å²) in [6.07, 6.45) is 7.96. The molecule has 0 spiro atoms. The SMILES string of the molecule is CS[C@@]1(CC(=O)Nc2ccc3[nH]nc(-c4ccc(OC(C)C)nc4)c3c2)CCN(CC(=O)N2CC=C(c3ccc(-c4nc(N)n[nH]4)cc3)CC2)C1. The Morgan fingerprint density at radius 2 is 1.84 bits per heavy atom. The number of nitrogen functional groups attached to an aromatic ring is 1. The molecule has 3 aromatic heterocycles. The minimum atomic E-state index is -0.265. The fourth-order valence-corrected chi connectivity index (χ4v) is 7.66. The van der Waals surface area contributed by atoms with Crippen LogP contribution in [-0.2, 0) is 9.59 Å². The van der Waals surface area contributed by atoms with Crippen LogP contribution in [0.4, 0.5) is 11.6 Å². The Morgan fingerprint density at radius 3 is 2.53 bits per heavy atom. The first-order valence-electron chi connectivity index (χ1n) is 17.1. The number of amides is 2. The molecule has 5 N–H and O–H groups in total. The highest BCUT2D eigenvalue weighted by molar-refractivity contribution is 8.00. The summed E-state index contributed by atoms with van der Waals surface area (Å²) in [5, 5.41) is 18.3. The van der Waals surface area contributed by atoms with Gasteiger partial charge in [-0.25, -0.2) is 4.98 Å². The number of likely N-dealkylation sites (tertiary alicyclic amines) is 1. The van der Waals surface area contributed by atoms with Crippen molar-refractivity contribution in [2.45, 2.75) is 44.0 Å². The number of pyridine rings is 1. The number of carbonyl (C=O) groups is 2. The number of hydrogen-bond donors (Lipinski definition) is 4. The molecule has 0 unspecified atom stereocenters. The van der Waals surface area contributed by atoms with Gasteiger partial charge in [-0.2, -0.15) is 21.8 Å². The fourth-order valence-electron chi connectivity index (χ4n) is 6.78. The van der Waals surface area contributed by atoms with E-state index in [1.165, 1.54) is 5.57 Å². The topological polar surface area (TPSA) is 171 Å². The molecule has 1 fully saturated rings. The zero-order valence-electron chi connectivity index (χ0n) is 29.0. The summed E-state index contributed by atoms with van der Waals surface area (Å²) in [6, 6.07) is 17.6. The molecule has 5 aromatic rings. The molecule has 2 aliphatic rings. The number of anilines is 2. The first-order chi connectivity index (χ1) is 24.7. The van der Waals surface area contributed by atoms with Gasteiger partial charge in [-0.15, -0.1) is 5.10 Å². The molecule has 1 atom stereocenters. The number of aromatic nitrogens is 6. The highest BCUT2D eigenvalue weighted by Crippen LogP contribution is 2.37. The van der Waals surface area contributed by atoms with E-state index >= 15 is 0 Å². The van der Waals surface area contributed by atoms with Crippen molar-refractivity contribution in [3.8, 4) is 28.5 Å². The predicted molar refractivity (Wildman–Crippen MR) is 201 cm³/mol. The summed E-state index contributed by atoms with van der Waals surface area (Å²) in [6.45, 7) is 6.98. The number of nitrogens with zero attached hydrogens (tertiary/aromatic N) is 6. The van der Waals surface area contributed by atoms with Crippen molar-refractivity contribution < 1.29 is 14.3 Å². The van der Waals surface area contributed by atoms with Crippen LogP contribution < -0.4 is 15.8 Å². The molecule has 264 valence electrons. The third-order valence-corrected chi connectivity index (χ3v) is 10.8. The molecule has 7 rings (SSSR count). The van der Waals surface area contributed by atoms with Crippen molar-refractivity contribution >= 4 is 51.7 Å². The van der Waals surface area contributed by atoms with Crippen molar-refractivity contribution in [2.75, 3.05) is 50.0 Å². The molecular weight excluding hydrogens is 665 g/mol. The Hall–Kier alpha value is -5.21. The Labute approximate surface area is 300 Å². The van der Waals surface area contributed by atoms with Crippen molar-refractivity contribution in [1.82, 2.24) is 40.2 Å². The molecule has 0 bridgehead atoms. The Bertz CT molecular complexity index is 2060. The summed E-state index contributed by atoms with van der Waals surface area (Å²) in [5.41, 5.74) is 12.1. The molecule has 13 nitrogen and oxygen atoms in total. The number of nitrogens with one attached hydrogen (secondary N) is 3. The van der Waals surface area contributed by atoms with Crippen molar-refractivity contribution in [3.05, 3.63) is 72.4 Å². The lowest BCUT2D eigenvalue weighted by atomic mass is 9.98. The average Bonchev–Trinajstić information content (AvgIpc) is 3.87. The van der Waals surface area contributed by atoms with Crippen LogP contribution in [0.3, 0.4) is 0 Å². The van der Waals surface area contributed by atoms with E-state index in [1.807, 2.05) is 61.2 Å². The first kappa shape index (κ1) is 34.2. The van der Waals surface area contributed by atoms with E-state index in [9.17, 15) is 9.59 Å². The van der Waals surface area contributed by atoms with Gasteiger partial charge < -0.3 is 20.7 Å². The minimum Gasteiger partial charge on any atom is -0.475 e. The van der Waals surface area contributed by atoms with Crippen molar-refractivity contribution in [3.63, 3.8) is 0 Å². The lowest BCUT2D eigenvalue weighted by Crippen LogP contribution is -2.43. The number of benzene rings is 2. The van der Waals surface area contributed by atoms with E-state index in [0.29, 0.717) is 50.0 Å². The van der Waals surface area contributed by atoms with Crippen LogP contribution in [0.15, 0.2) is 66.9 Å². The molecule has 2 amide bonds. The van der Waals surface area contributed by atoms with Crippen LogP contribution in [0.25, 0.3) is 39.1 Å². The van der Waals surface area contributed by atoms with Crippen LogP contribution in [0.2, 0.25) is 0 Å². The van der Waals surface area contributed by atoms with Gasteiger partial charge in [-0.1, -0.05) is 30.3 Å². The number of hydrogen-bond acceptors (Lipinski definition) is 10. The molecule has 14 heteroatoms. The number of nitrogens with two attached hydrogens (primary N) is 1. The van der Waals surface area contributed by atoms with E-state index in [4.69, 9.17) is 10.5 Å². The number of rotatable bonds is 11. The molecule has 5 heterocycles. The highest BCUT2D eigenvalue weighted by atomic mass is 32.2. The molecular formula is C37H42N10O3S. The second-order valence-electron chi connectivity index (χ2n) is 13.4. The monoisotopic (exact) mass is 706 g/mol. The maximum atomic E-state index is 13.4. The van der Waals surface area contributed by atoms with E-state index < -0.39 is 0 Å². The second-order valence-corrected chi connectivity index (χ2v) is 14.7. The molecule has 0 radical (unpaired) electrons. The molecule has 51 heavy (non-hydrogen) atoms. The van der Waals surface area contributed by atoms with Gasteiger partial charge in [0.05, 0.1) is 18.2 Å². The smallest absolute Gasteiger partial charge is 0.239 e. The zero-order valence-corrected chi connectivity index (χ0v) is 29.8. The second kappa shape index (κ2) is 14.6. The third-order valence-electron chi connectivity index (χ3n) is 9.48. The lowest BCUT2D eigenvalue weighted by Gasteiger charge is -2.30. The summed E-state index contributed by atoms with van der Waals surface area (Å²) < 4.78 is 5.41. The Kier molecular flexibility index (Phi) is 9.78. The van der Waals surface area contributed by atoms with E-state index in [1.54, 1.807) is 18.0 Å². The summed E-state index contributed by atoms with van der Waals surface area (Å²) in [4.78, 5) is 39.5. The fraction of sp³-hybridized carbons (Fsp3) is 0.351. The zero-order chi connectivity index (χ0) is 35.5. The van der Waals surface area contributed by atoms with Crippen LogP contribution in [0.1, 0.15) is 38.7 Å². The van der Waals surface area contributed by atoms with E-state index in [-0.39, 0.29) is 28.6 Å².